The number of benzene rings is 1. The number of aromatic nitrogens is 2. The molecule has 2 aromatic heterocycles. The minimum absolute atomic E-state index is 0.0394. The van der Waals surface area contributed by atoms with E-state index < -0.39 is 5.91 Å². The summed E-state index contributed by atoms with van der Waals surface area (Å²) in [4.78, 5) is 16.1. The van der Waals surface area contributed by atoms with Gasteiger partial charge in [-0.2, -0.15) is 0 Å². The van der Waals surface area contributed by atoms with Crippen molar-refractivity contribution in [1.29, 1.82) is 0 Å². The Morgan fingerprint density at radius 1 is 1.23 bits per heavy atom. The van der Waals surface area contributed by atoms with Gasteiger partial charge in [-0.15, -0.1) is 10.2 Å². The maximum absolute atomic E-state index is 12.2. The van der Waals surface area contributed by atoms with Crippen LogP contribution in [0.3, 0.4) is 0 Å². The van der Waals surface area contributed by atoms with Gasteiger partial charge in [-0.05, 0) is 43.5 Å². The number of pyridine rings is 1. The largest absolute Gasteiger partial charge is 0.493 e. The normalized spacial score (nSPS) is 11.7. The number of azo groups is 1. The van der Waals surface area contributed by atoms with Crippen LogP contribution in [0.25, 0.3) is 10.9 Å². The molecule has 6 heteroatoms. The number of amides is 1. The zero-order valence-electron chi connectivity index (χ0n) is 15.2. The maximum atomic E-state index is 12.2. The highest BCUT2D eigenvalue weighted by atomic mass is 16.3. The molecule has 0 aliphatic heterocycles. The van der Waals surface area contributed by atoms with Gasteiger partial charge in [0.25, 0.3) is 5.91 Å². The van der Waals surface area contributed by atoms with Crippen LogP contribution in [-0.2, 0) is 6.54 Å². The van der Waals surface area contributed by atoms with Gasteiger partial charge in [0.15, 0.2) is 5.69 Å². The molecule has 134 valence electrons. The van der Waals surface area contributed by atoms with E-state index in [9.17, 15) is 9.90 Å². The molecule has 6 nitrogen and oxygen atoms in total. The van der Waals surface area contributed by atoms with E-state index in [1.807, 2.05) is 29.7 Å². The average molecular weight is 350 g/mol. The molecule has 0 unspecified atom stereocenters. The van der Waals surface area contributed by atoms with Crippen LogP contribution in [0.1, 0.15) is 36.2 Å². The average Bonchev–Trinajstić information content (AvgIpc) is 2.89. The Balaban J connectivity index is 2.02. The Morgan fingerprint density at radius 3 is 2.65 bits per heavy atom. The zero-order valence-corrected chi connectivity index (χ0v) is 15.2. The topological polar surface area (TPSA) is 79.8 Å². The van der Waals surface area contributed by atoms with Gasteiger partial charge >= 0.3 is 0 Å². The summed E-state index contributed by atoms with van der Waals surface area (Å²) in [7, 11) is 0. The van der Waals surface area contributed by atoms with Crippen molar-refractivity contribution in [1.82, 2.24) is 9.55 Å². The lowest BCUT2D eigenvalue weighted by Crippen LogP contribution is -2.00. The van der Waals surface area contributed by atoms with Crippen molar-refractivity contribution in [3.05, 3.63) is 53.9 Å². The van der Waals surface area contributed by atoms with E-state index in [0.717, 1.165) is 22.9 Å². The van der Waals surface area contributed by atoms with Crippen molar-refractivity contribution >= 4 is 22.5 Å². The molecule has 1 aromatic carbocycles. The van der Waals surface area contributed by atoms with E-state index in [0.29, 0.717) is 23.7 Å². The van der Waals surface area contributed by atoms with Gasteiger partial charge < -0.3 is 9.67 Å². The van der Waals surface area contributed by atoms with Crippen molar-refractivity contribution in [2.45, 2.75) is 33.7 Å². The van der Waals surface area contributed by atoms with E-state index in [1.54, 1.807) is 12.1 Å². The third-order valence-electron chi connectivity index (χ3n) is 4.26. The Morgan fingerprint density at radius 2 is 1.96 bits per heavy atom. The third-order valence-corrected chi connectivity index (χ3v) is 4.26. The highest BCUT2D eigenvalue weighted by Gasteiger charge is 2.17. The molecule has 0 spiro atoms. The third kappa shape index (κ3) is 3.64. The minimum atomic E-state index is -0.470. The molecule has 1 amide bonds. The Labute approximate surface area is 152 Å². The summed E-state index contributed by atoms with van der Waals surface area (Å²) in [5.74, 6) is 0.0794. The summed E-state index contributed by atoms with van der Waals surface area (Å²) in [6.45, 7) is 6.93. The second-order valence-electron chi connectivity index (χ2n) is 6.77. The summed E-state index contributed by atoms with van der Waals surface area (Å²) in [5, 5.41) is 19.4. The van der Waals surface area contributed by atoms with Crippen molar-refractivity contribution in [3.8, 4) is 5.88 Å². The lowest BCUT2D eigenvalue weighted by molar-refractivity contribution is 0.0995. The van der Waals surface area contributed by atoms with Gasteiger partial charge in [0.2, 0.25) is 5.88 Å². The van der Waals surface area contributed by atoms with E-state index in [1.165, 1.54) is 12.4 Å². The van der Waals surface area contributed by atoms with E-state index in [2.05, 4.69) is 29.1 Å². The number of carbonyl (C=O) groups is 1. The summed E-state index contributed by atoms with van der Waals surface area (Å²) >= 11 is 0. The van der Waals surface area contributed by atoms with Crippen LogP contribution < -0.4 is 0 Å². The number of fused-ring (bicyclic) bond motifs is 1. The van der Waals surface area contributed by atoms with Crippen molar-refractivity contribution in [2.24, 2.45) is 16.1 Å². The van der Waals surface area contributed by atoms with Gasteiger partial charge in [-0.3, -0.25) is 9.78 Å². The first kappa shape index (κ1) is 17.8. The first-order valence-electron chi connectivity index (χ1n) is 8.65. The molecule has 0 bridgehead atoms. The van der Waals surface area contributed by atoms with Crippen LogP contribution in [0, 0.1) is 12.8 Å². The van der Waals surface area contributed by atoms with Gasteiger partial charge in [0.05, 0.1) is 5.52 Å². The van der Waals surface area contributed by atoms with Crippen molar-refractivity contribution < 1.29 is 9.90 Å². The van der Waals surface area contributed by atoms with Gasteiger partial charge in [-0.25, -0.2) is 0 Å². The molecular formula is C20H22N4O2. The molecule has 0 aliphatic carbocycles. The predicted molar refractivity (Wildman–Crippen MR) is 101 cm³/mol. The number of aromatic hydroxyl groups is 1. The van der Waals surface area contributed by atoms with Gasteiger partial charge in [-0.1, -0.05) is 25.5 Å². The van der Waals surface area contributed by atoms with Crippen LogP contribution in [-0.4, -0.2) is 20.6 Å². The SMILES string of the molecule is Cc1ccc2c(c1)c(N=NC(=O)c1ccncc1)c(O)n2CCC(C)C. The first-order valence-corrected chi connectivity index (χ1v) is 8.65. The van der Waals surface area contributed by atoms with Crippen LogP contribution in [0.5, 0.6) is 5.88 Å². The molecule has 3 aromatic rings. The van der Waals surface area contributed by atoms with E-state index in [-0.39, 0.29) is 5.88 Å². The molecule has 0 radical (unpaired) electrons. The van der Waals surface area contributed by atoms with Crippen LogP contribution in [0.15, 0.2) is 53.0 Å². The number of hydrogen-bond acceptors (Lipinski definition) is 4. The molecule has 0 fully saturated rings. The van der Waals surface area contributed by atoms with Crippen LogP contribution >= 0.6 is 0 Å². The molecule has 3 rings (SSSR count). The Kier molecular flexibility index (Phi) is 5.11. The summed E-state index contributed by atoms with van der Waals surface area (Å²) in [5.41, 5.74) is 2.67. The predicted octanol–water partition coefficient (Wildman–Crippen LogP) is 5.02. The quantitative estimate of drug-likeness (QED) is 0.656. The summed E-state index contributed by atoms with van der Waals surface area (Å²) in [6.07, 6.45) is 3.99. The molecular weight excluding hydrogens is 328 g/mol. The lowest BCUT2D eigenvalue weighted by atomic mass is 10.1. The summed E-state index contributed by atoms with van der Waals surface area (Å²) in [6, 6.07) is 9.08. The second kappa shape index (κ2) is 7.47. The van der Waals surface area contributed by atoms with Crippen molar-refractivity contribution in [3.63, 3.8) is 0 Å². The Hall–Kier alpha value is -3.02. The molecule has 0 atom stereocenters. The highest BCUT2D eigenvalue weighted by Crippen LogP contribution is 2.39. The molecule has 2 heterocycles. The van der Waals surface area contributed by atoms with Gasteiger partial charge in [0, 0.05) is 29.9 Å². The fourth-order valence-corrected chi connectivity index (χ4v) is 2.80. The monoisotopic (exact) mass is 350 g/mol. The molecule has 26 heavy (non-hydrogen) atoms. The number of nitrogens with zero attached hydrogens (tertiary/aromatic N) is 4. The highest BCUT2D eigenvalue weighted by molar-refractivity contribution is 5.97. The number of rotatable bonds is 5. The van der Waals surface area contributed by atoms with E-state index >= 15 is 0 Å². The minimum Gasteiger partial charge on any atom is -0.493 e. The molecule has 0 saturated heterocycles. The second-order valence-corrected chi connectivity index (χ2v) is 6.77. The van der Waals surface area contributed by atoms with Crippen molar-refractivity contribution in [2.75, 3.05) is 0 Å². The standard InChI is InChI=1S/C20H22N4O2/c1-13(2)8-11-24-17-5-4-14(3)12-16(17)18(20(24)26)22-23-19(25)15-6-9-21-10-7-15/h4-7,9-10,12-13,26H,8,11H2,1-3H3. The zero-order chi connectivity index (χ0) is 18.7. The lowest BCUT2D eigenvalue weighted by Gasteiger charge is -2.09. The fraction of sp³-hybridized carbons (Fsp3) is 0.300. The smallest absolute Gasteiger partial charge is 0.295 e. The van der Waals surface area contributed by atoms with Gasteiger partial charge in [0.1, 0.15) is 0 Å². The molecule has 1 N–H and O–H groups in total. The number of hydrogen-bond donors (Lipinski definition) is 1. The van der Waals surface area contributed by atoms with Crippen LogP contribution in [0.2, 0.25) is 0 Å². The fourth-order valence-electron chi connectivity index (χ4n) is 2.80. The summed E-state index contributed by atoms with van der Waals surface area (Å²) < 4.78 is 1.83. The number of carbonyl (C=O) groups excluding carboxylic acids is 1. The van der Waals surface area contributed by atoms with E-state index in [4.69, 9.17) is 0 Å². The maximum Gasteiger partial charge on any atom is 0.295 e. The number of aryl methyl sites for hydroxylation is 2. The molecule has 0 aliphatic rings. The first-order chi connectivity index (χ1) is 12.5. The Bertz CT molecular complexity index is 959. The molecule has 0 saturated carbocycles. The van der Waals surface area contributed by atoms with Crippen LogP contribution in [0.4, 0.5) is 5.69 Å².